The lowest BCUT2D eigenvalue weighted by Gasteiger charge is -2.29. The topological polar surface area (TPSA) is 70.6 Å². The van der Waals surface area contributed by atoms with Crippen LogP contribution >= 0.6 is 35.7 Å². The van der Waals surface area contributed by atoms with Gasteiger partial charge < -0.3 is 10.6 Å². The third-order valence-electron chi connectivity index (χ3n) is 4.45. The highest BCUT2D eigenvalue weighted by atomic mass is 127. The summed E-state index contributed by atoms with van der Waals surface area (Å²) < 4.78 is 38.4. The number of hydrogen-bond donors (Lipinski definition) is 2. The molecule has 9 heteroatoms. The highest BCUT2D eigenvalue weighted by molar-refractivity contribution is 14.0. The number of halogens is 2. The van der Waals surface area contributed by atoms with Crippen molar-refractivity contribution in [3.05, 3.63) is 30.1 Å². The normalized spacial score (nSPS) is 20.6. The fourth-order valence-corrected chi connectivity index (χ4v) is 5.12. The van der Waals surface area contributed by atoms with E-state index >= 15 is 0 Å². The Morgan fingerprint density at radius 2 is 2.07 bits per heavy atom. The van der Waals surface area contributed by atoms with E-state index in [1.165, 1.54) is 31.0 Å². The predicted octanol–water partition coefficient (Wildman–Crippen LogP) is 3.45. The van der Waals surface area contributed by atoms with Gasteiger partial charge in [-0.1, -0.05) is 18.6 Å². The molecule has 2 N–H and O–H groups in total. The van der Waals surface area contributed by atoms with Crippen molar-refractivity contribution in [1.29, 1.82) is 0 Å². The van der Waals surface area contributed by atoms with Gasteiger partial charge in [0.2, 0.25) is 0 Å². The van der Waals surface area contributed by atoms with E-state index in [1.54, 1.807) is 0 Å². The van der Waals surface area contributed by atoms with Crippen LogP contribution < -0.4 is 10.6 Å². The van der Waals surface area contributed by atoms with Gasteiger partial charge in [-0.2, -0.15) is 11.8 Å². The lowest BCUT2D eigenvalue weighted by atomic mass is 9.95. The maximum absolute atomic E-state index is 13.7. The number of nitrogens with zero attached hydrogens (tertiary/aromatic N) is 1. The first-order valence-electron chi connectivity index (χ1n) is 9.01. The molecular formula is C18H29FIN3O2S2. The molecule has 1 aliphatic rings. The minimum absolute atomic E-state index is 0. The SMILES string of the molecule is CCNC(=NCCS(=O)(=O)c1ccccc1F)NC1CCCC(SC)C1.I. The van der Waals surface area contributed by atoms with E-state index in [2.05, 4.69) is 21.9 Å². The minimum atomic E-state index is -3.69. The van der Waals surface area contributed by atoms with Crippen molar-refractivity contribution >= 4 is 51.5 Å². The summed E-state index contributed by atoms with van der Waals surface area (Å²) in [4.78, 5) is 4.12. The van der Waals surface area contributed by atoms with Crippen molar-refractivity contribution in [3.63, 3.8) is 0 Å². The van der Waals surface area contributed by atoms with Crippen LogP contribution in [0.2, 0.25) is 0 Å². The van der Waals surface area contributed by atoms with Crippen molar-refractivity contribution in [2.45, 2.75) is 48.8 Å². The minimum Gasteiger partial charge on any atom is -0.357 e. The number of hydrogen-bond acceptors (Lipinski definition) is 4. The van der Waals surface area contributed by atoms with Gasteiger partial charge in [-0.05, 0) is 44.6 Å². The van der Waals surface area contributed by atoms with Crippen LogP contribution in [0.3, 0.4) is 0 Å². The monoisotopic (exact) mass is 529 g/mol. The van der Waals surface area contributed by atoms with Gasteiger partial charge in [-0.25, -0.2) is 12.8 Å². The standard InChI is InChI=1S/C18H28FN3O2S2.HI/c1-3-20-18(22-14-7-6-8-15(13-14)25-2)21-11-12-26(23,24)17-10-5-4-9-16(17)19;/h4-5,9-10,14-15H,3,6-8,11-13H2,1-2H3,(H2,20,21,22);1H. The van der Waals surface area contributed by atoms with E-state index < -0.39 is 15.7 Å². The van der Waals surface area contributed by atoms with Gasteiger partial charge >= 0.3 is 0 Å². The van der Waals surface area contributed by atoms with Gasteiger partial charge in [0, 0.05) is 17.8 Å². The summed E-state index contributed by atoms with van der Waals surface area (Å²) in [6.45, 7) is 2.76. The van der Waals surface area contributed by atoms with Crippen molar-refractivity contribution in [2.75, 3.05) is 25.1 Å². The molecule has 0 saturated heterocycles. The molecule has 1 aromatic rings. The van der Waals surface area contributed by atoms with Crippen molar-refractivity contribution in [1.82, 2.24) is 10.6 Å². The Labute approximate surface area is 183 Å². The van der Waals surface area contributed by atoms with Crippen LogP contribution in [0.1, 0.15) is 32.6 Å². The predicted molar refractivity (Wildman–Crippen MR) is 123 cm³/mol. The Morgan fingerprint density at radius 3 is 2.74 bits per heavy atom. The second-order valence-electron chi connectivity index (χ2n) is 6.38. The fourth-order valence-electron chi connectivity index (χ4n) is 3.09. The first-order valence-corrected chi connectivity index (χ1v) is 11.9. The first kappa shape index (κ1) is 24.5. The average molecular weight is 529 g/mol. The van der Waals surface area contributed by atoms with Gasteiger partial charge in [0.1, 0.15) is 10.7 Å². The molecule has 2 unspecified atom stereocenters. The second-order valence-corrected chi connectivity index (χ2v) is 9.59. The molecular weight excluding hydrogens is 500 g/mol. The third-order valence-corrected chi connectivity index (χ3v) is 7.26. The Kier molecular flexibility index (Phi) is 11.0. The first-order chi connectivity index (χ1) is 12.5. The summed E-state index contributed by atoms with van der Waals surface area (Å²) in [7, 11) is -3.69. The largest absolute Gasteiger partial charge is 0.357 e. The van der Waals surface area contributed by atoms with Crippen molar-refractivity contribution < 1.29 is 12.8 Å². The number of aliphatic imine (C=N–C) groups is 1. The molecule has 5 nitrogen and oxygen atoms in total. The van der Waals surface area contributed by atoms with Crippen LogP contribution in [0.15, 0.2) is 34.2 Å². The van der Waals surface area contributed by atoms with Crippen LogP contribution in [0, 0.1) is 5.82 Å². The van der Waals surface area contributed by atoms with E-state index in [-0.39, 0.29) is 41.2 Å². The summed E-state index contributed by atoms with van der Waals surface area (Å²) in [5.74, 6) is -0.308. The molecule has 0 heterocycles. The number of sulfone groups is 1. The zero-order valence-electron chi connectivity index (χ0n) is 15.8. The Bertz CT molecular complexity index is 716. The van der Waals surface area contributed by atoms with Crippen LogP contribution in [-0.4, -0.2) is 50.8 Å². The molecule has 1 aromatic carbocycles. The average Bonchev–Trinajstić information content (AvgIpc) is 2.62. The fraction of sp³-hybridized carbons (Fsp3) is 0.611. The molecule has 0 spiro atoms. The van der Waals surface area contributed by atoms with Crippen LogP contribution in [0.4, 0.5) is 4.39 Å². The lowest BCUT2D eigenvalue weighted by molar-refractivity contribution is 0.419. The third kappa shape index (κ3) is 7.77. The molecule has 27 heavy (non-hydrogen) atoms. The van der Waals surface area contributed by atoms with E-state index in [1.807, 2.05) is 18.7 Å². The van der Waals surface area contributed by atoms with E-state index in [4.69, 9.17) is 0 Å². The van der Waals surface area contributed by atoms with Crippen LogP contribution in [-0.2, 0) is 9.84 Å². The molecule has 154 valence electrons. The number of nitrogens with one attached hydrogen (secondary N) is 2. The molecule has 0 bridgehead atoms. The zero-order chi connectivity index (χ0) is 19.0. The summed E-state index contributed by atoms with van der Waals surface area (Å²) in [6, 6.07) is 5.80. The van der Waals surface area contributed by atoms with E-state index in [0.717, 1.165) is 18.9 Å². The second kappa shape index (κ2) is 12.1. The highest BCUT2D eigenvalue weighted by Gasteiger charge is 2.22. The molecule has 1 fully saturated rings. The molecule has 0 amide bonds. The molecule has 2 atom stereocenters. The summed E-state index contributed by atoms with van der Waals surface area (Å²) in [5.41, 5.74) is 0. The number of benzene rings is 1. The van der Waals surface area contributed by atoms with Gasteiger partial charge in [-0.3, -0.25) is 4.99 Å². The molecule has 1 aliphatic carbocycles. The number of rotatable bonds is 7. The smallest absolute Gasteiger partial charge is 0.191 e. The maximum atomic E-state index is 13.7. The number of thioether (sulfide) groups is 1. The molecule has 2 rings (SSSR count). The molecule has 1 saturated carbocycles. The van der Waals surface area contributed by atoms with Gasteiger partial charge in [0.15, 0.2) is 15.8 Å². The van der Waals surface area contributed by atoms with E-state index in [0.29, 0.717) is 23.8 Å². The zero-order valence-corrected chi connectivity index (χ0v) is 19.7. The van der Waals surface area contributed by atoms with Crippen molar-refractivity contribution in [3.8, 4) is 0 Å². The molecule has 0 aliphatic heterocycles. The molecule has 0 radical (unpaired) electrons. The van der Waals surface area contributed by atoms with Gasteiger partial charge in [0.25, 0.3) is 0 Å². The quantitative estimate of drug-likeness (QED) is 0.322. The highest BCUT2D eigenvalue weighted by Crippen LogP contribution is 2.26. The maximum Gasteiger partial charge on any atom is 0.191 e. The van der Waals surface area contributed by atoms with Gasteiger partial charge in [-0.15, -0.1) is 24.0 Å². The summed E-state index contributed by atoms with van der Waals surface area (Å²) >= 11 is 1.90. The Hall–Kier alpha value is -0.550. The summed E-state index contributed by atoms with van der Waals surface area (Å²) in [6.07, 6.45) is 6.74. The summed E-state index contributed by atoms with van der Waals surface area (Å²) in [5, 5.41) is 7.24. The van der Waals surface area contributed by atoms with Gasteiger partial charge in [0.05, 0.1) is 12.3 Å². The number of guanidine groups is 1. The Balaban J connectivity index is 0.00000364. The Morgan fingerprint density at radius 1 is 1.33 bits per heavy atom. The van der Waals surface area contributed by atoms with E-state index in [9.17, 15) is 12.8 Å². The lowest BCUT2D eigenvalue weighted by Crippen LogP contribution is -2.45. The van der Waals surface area contributed by atoms with Crippen LogP contribution in [0.25, 0.3) is 0 Å². The molecule has 0 aromatic heterocycles. The van der Waals surface area contributed by atoms with Crippen molar-refractivity contribution in [2.24, 2.45) is 4.99 Å². The van der Waals surface area contributed by atoms with Crippen LogP contribution in [0.5, 0.6) is 0 Å².